The van der Waals surface area contributed by atoms with Gasteiger partial charge in [0, 0.05) is 28.3 Å². The number of aryl methyl sites for hydroxylation is 1. The van der Waals surface area contributed by atoms with Gasteiger partial charge in [0.1, 0.15) is 0 Å². The second kappa shape index (κ2) is 8.09. The standard InChI is InChI=1S/C26H25N4PS/c1-19-14-16-23(17-15-19)29-20(2)25-18-27-30(24-12-8-5-9-13-24)31(32,26(25)21(29)3)28-22-10-6-4-7-11-22/h4-18H,1-3H3,(H,28,32). The van der Waals surface area contributed by atoms with E-state index in [1.165, 1.54) is 5.56 Å². The molecule has 1 aliphatic rings. The molecule has 2 heterocycles. The summed E-state index contributed by atoms with van der Waals surface area (Å²) in [4.78, 5) is 0. The lowest BCUT2D eigenvalue weighted by atomic mass is 10.2. The molecule has 1 N–H and O–H groups in total. The Kier molecular flexibility index (Phi) is 5.24. The minimum Gasteiger partial charge on any atom is -0.337 e. The van der Waals surface area contributed by atoms with Gasteiger partial charge in [0.25, 0.3) is 0 Å². The minimum atomic E-state index is -2.53. The third-order valence-corrected chi connectivity index (χ3v) is 9.74. The maximum absolute atomic E-state index is 6.52. The second-order valence-corrected chi connectivity index (χ2v) is 11.8. The third kappa shape index (κ3) is 3.38. The fourth-order valence-electron chi connectivity index (χ4n) is 4.32. The van der Waals surface area contributed by atoms with Crippen LogP contribution in [0.1, 0.15) is 22.5 Å². The largest absolute Gasteiger partial charge is 0.337 e. The highest BCUT2D eigenvalue weighted by Crippen LogP contribution is 2.55. The van der Waals surface area contributed by atoms with Gasteiger partial charge < -0.3 is 9.65 Å². The molecule has 0 saturated heterocycles. The van der Waals surface area contributed by atoms with E-state index in [2.05, 4.69) is 79.0 Å². The molecule has 0 fully saturated rings. The van der Waals surface area contributed by atoms with Crippen molar-refractivity contribution in [1.29, 1.82) is 0 Å². The van der Waals surface area contributed by atoms with E-state index in [9.17, 15) is 0 Å². The number of benzene rings is 3. The molecule has 0 aliphatic carbocycles. The highest BCUT2D eigenvalue weighted by molar-refractivity contribution is 8.19. The summed E-state index contributed by atoms with van der Waals surface area (Å²) < 4.78 is 4.32. The van der Waals surface area contributed by atoms with Gasteiger partial charge in [-0.25, -0.2) is 4.78 Å². The summed E-state index contributed by atoms with van der Waals surface area (Å²) in [7, 11) is 0. The second-order valence-electron chi connectivity index (χ2n) is 8.03. The van der Waals surface area contributed by atoms with Gasteiger partial charge in [0.05, 0.1) is 17.2 Å². The minimum absolute atomic E-state index is 0.987. The van der Waals surface area contributed by atoms with Crippen LogP contribution in [-0.4, -0.2) is 10.8 Å². The van der Waals surface area contributed by atoms with Gasteiger partial charge in [0.2, 0.25) is 0 Å². The molecule has 1 aromatic heterocycles. The van der Waals surface area contributed by atoms with Crippen molar-refractivity contribution < 1.29 is 0 Å². The van der Waals surface area contributed by atoms with Crippen LogP contribution in [0.5, 0.6) is 0 Å². The van der Waals surface area contributed by atoms with Crippen LogP contribution in [0.15, 0.2) is 90.0 Å². The van der Waals surface area contributed by atoms with E-state index in [0.717, 1.165) is 39.3 Å². The molecule has 0 amide bonds. The molecule has 4 aromatic rings. The van der Waals surface area contributed by atoms with Gasteiger partial charge in [-0.2, -0.15) is 5.10 Å². The number of nitrogens with one attached hydrogen (secondary N) is 1. The average Bonchev–Trinajstić information content (AvgIpc) is 3.07. The van der Waals surface area contributed by atoms with E-state index in [1.807, 2.05) is 47.4 Å². The first-order valence-corrected chi connectivity index (χ1v) is 13.4. The molecule has 4 nitrogen and oxygen atoms in total. The molecule has 32 heavy (non-hydrogen) atoms. The molecule has 1 atom stereocenters. The van der Waals surface area contributed by atoms with Gasteiger partial charge in [-0.05, 0) is 69.0 Å². The number of hydrogen-bond donors (Lipinski definition) is 1. The van der Waals surface area contributed by atoms with Gasteiger partial charge >= 0.3 is 0 Å². The maximum atomic E-state index is 6.52. The summed E-state index contributed by atoms with van der Waals surface area (Å²) in [6, 6.07) is 29.0. The number of hydrazone groups is 1. The topological polar surface area (TPSA) is 32.6 Å². The highest BCUT2D eigenvalue weighted by Gasteiger charge is 2.38. The Labute approximate surface area is 194 Å². The van der Waals surface area contributed by atoms with Gasteiger partial charge in [0.15, 0.2) is 6.34 Å². The van der Waals surface area contributed by atoms with Crippen molar-refractivity contribution in [3.8, 4) is 5.69 Å². The number of anilines is 2. The number of hydrogen-bond acceptors (Lipinski definition) is 2. The lowest BCUT2D eigenvalue weighted by Gasteiger charge is -2.37. The van der Waals surface area contributed by atoms with Crippen molar-refractivity contribution in [1.82, 2.24) is 4.57 Å². The van der Waals surface area contributed by atoms with Crippen molar-refractivity contribution >= 4 is 41.0 Å². The Morgan fingerprint density at radius 3 is 2.03 bits per heavy atom. The van der Waals surface area contributed by atoms with Crippen molar-refractivity contribution in [3.05, 3.63) is 107 Å². The predicted molar refractivity (Wildman–Crippen MR) is 140 cm³/mol. The molecule has 1 aliphatic heterocycles. The zero-order valence-corrected chi connectivity index (χ0v) is 20.1. The molecule has 0 spiro atoms. The van der Waals surface area contributed by atoms with Crippen LogP contribution in [0.4, 0.5) is 11.4 Å². The molecule has 6 heteroatoms. The molecule has 0 saturated carbocycles. The number of para-hydroxylation sites is 2. The Bertz CT molecular complexity index is 1340. The van der Waals surface area contributed by atoms with Crippen LogP contribution in [0, 0.1) is 20.8 Å². The van der Waals surface area contributed by atoms with Crippen molar-refractivity contribution in [3.63, 3.8) is 0 Å². The summed E-state index contributed by atoms with van der Waals surface area (Å²) in [6.07, 6.45) is -0.568. The first-order chi connectivity index (χ1) is 15.5. The van der Waals surface area contributed by atoms with Crippen LogP contribution >= 0.6 is 6.34 Å². The lowest BCUT2D eigenvalue weighted by Crippen LogP contribution is -2.32. The Balaban J connectivity index is 1.74. The summed E-state index contributed by atoms with van der Waals surface area (Å²) in [5.74, 6) is 0. The van der Waals surface area contributed by atoms with Crippen LogP contribution in [-0.2, 0) is 11.8 Å². The number of rotatable bonds is 4. The monoisotopic (exact) mass is 456 g/mol. The summed E-state index contributed by atoms with van der Waals surface area (Å²) in [6.45, 7) is 6.43. The number of aromatic nitrogens is 1. The quantitative estimate of drug-likeness (QED) is 0.366. The van der Waals surface area contributed by atoms with E-state index in [-0.39, 0.29) is 0 Å². The molecule has 0 radical (unpaired) electrons. The Morgan fingerprint density at radius 1 is 0.750 bits per heavy atom. The fourth-order valence-corrected chi connectivity index (χ4v) is 8.38. The molecular formula is C26H25N4PS. The molecule has 1 unspecified atom stereocenters. The van der Waals surface area contributed by atoms with E-state index in [4.69, 9.17) is 16.9 Å². The molecule has 0 bridgehead atoms. The fraction of sp³-hybridized carbons (Fsp3) is 0.115. The van der Waals surface area contributed by atoms with Crippen molar-refractivity contribution in [2.75, 3.05) is 9.87 Å². The number of fused-ring (bicyclic) bond motifs is 1. The lowest BCUT2D eigenvalue weighted by molar-refractivity contribution is 0.967. The zero-order valence-electron chi connectivity index (χ0n) is 18.4. The van der Waals surface area contributed by atoms with E-state index in [0.29, 0.717) is 0 Å². The maximum Gasteiger partial charge on any atom is 0.173 e. The Morgan fingerprint density at radius 2 is 1.38 bits per heavy atom. The first kappa shape index (κ1) is 20.7. The van der Waals surface area contributed by atoms with Gasteiger partial charge in [-0.1, -0.05) is 54.1 Å². The van der Waals surface area contributed by atoms with E-state index in [1.54, 1.807) is 0 Å². The first-order valence-electron chi connectivity index (χ1n) is 10.6. The van der Waals surface area contributed by atoms with Crippen molar-refractivity contribution in [2.45, 2.75) is 20.8 Å². The van der Waals surface area contributed by atoms with Crippen LogP contribution in [0.3, 0.4) is 0 Å². The molecule has 160 valence electrons. The Hall–Kier alpha value is -3.14. The normalized spacial score (nSPS) is 17.3. The smallest absolute Gasteiger partial charge is 0.173 e. The molecular weight excluding hydrogens is 431 g/mol. The number of nitrogens with zero attached hydrogens (tertiary/aromatic N) is 3. The SMILES string of the molecule is Cc1ccc(-n2c(C)c3c(c2C)P(=S)(Nc2ccccc2)N(c2ccccc2)N=C3)cc1. The van der Waals surface area contributed by atoms with Crippen LogP contribution in [0.25, 0.3) is 5.69 Å². The molecule has 5 rings (SSSR count). The van der Waals surface area contributed by atoms with Gasteiger partial charge in [-0.3, -0.25) is 0 Å². The van der Waals surface area contributed by atoms with Crippen LogP contribution in [0.2, 0.25) is 0 Å². The van der Waals surface area contributed by atoms with Crippen LogP contribution < -0.4 is 15.2 Å². The van der Waals surface area contributed by atoms with Crippen molar-refractivity contribution in [2.24, 2.45) is 5.10 Å². The summed E-state index contributed by atoms with van der Waals surface area (Å²) >= 11 is 6.52. The van der Waals surface area contributed by atoms with E-state index >= 15 is 0 Å². The van der Waals surface area contributed by atoms with E-state index < -0.39 is 6.34 Å². The third-order valence-electron chi connectivity index (χ3n) is 5.86. The summed E-state index contributed by atoms with van der Waals surface area (Å²) in [5.41, 5.74) is 7.79. The summed E-state index contributed by atoms with van der Waals surface area (Å²) in [5, 5.41) is 9.78. The highest BCUT2D eigenvalue weighted by atomic mass is 32.4. The zero-order chi connectivity index (χ0) is 22.3. The average molecular weight is 457 g/mol. The van der Waals surface area contributed by atoms with Gasteiger partial charge in [-0.15, -0.1) is 0 Å². The predicted octanol–water partition coefficient (Wildman–Crippen LogP) is 6.30. The molecule has 3 aromatic carbocycles.